The second kappa shape index (κ2) is 6.72. The minimum atomic E-state index is 0.00572. The summed E-state index contributed by atoms with van der Waals surface area (Å²) in [5.41, 5.74) is 7.31. The highest BCUT2D eigenvalue weighted by molar-refractivity contribution is 5.73. The van der Waals surface area contributed by atoms with Gasteiger partial charge in [-0.1, -0.05) is 6.07 Å². The van der Waals surface area contributed by atoms with Crippen molar-refractivity contribution in [1.29, 1.82) is 5.26 Å². The number of nitrogen functional groups attached to an aromatic ring is 1. The molecule has 1 unspecified atom stereocenters. The third-order valence-corrected chi connectivity index (χ3v) is 4.21. The normalized spacial score (nSPS) is 17.2. The molecule has 1 atom stereocenters. The number of hydrogen-bond donors (Lipinski definition) is 3. The van der Waals surface area contributed by atoms with E-state index in [1.807, 2.05) is 0 Å². The molecule has 1 aliphatic heterocycles. The first-order valence-corrected chi connectivity index (χ1v) is 7.80. The summed E-state index contributed by atoms with van der Waals surface area (Å²) >= 11 is 0. The van der Waals surface area contributed by atoms with Gasteiger partial charge in [0.25, 0.3) is 0 Å². The van der Waals surface area contributed by atoms with Crippen molar-refractivity contribution in [3.05, 3.63) is 29.5 Å². The second-order valence-corrected chi connectivity index (χ2v) is 5.70. The molecule has 2 aromatic rings. The van der Waals surface area contributed by atoms with E-state index in [0.29, 0.717) is 22.6 Å². The van der Waals surface area contributed by atoms with Gasteiger partial charge in [-0.3, -0.25) is 0 Å². The van der Waals surface area contributed by atoms with E-state index in [2.05, 4.69) is 21.4 Å². The zero-order valence-electron chi connectivity index (χ0n) is 13.4. The quantitative estimate of drug-likeness (QED) is 0.787. The maximum atomic E-state index is 10.2. The number of benzene rings is 1. The Morgan fingerprint density at radius 2 is 2.25 bits per heavy atom. The first-order chi connectivity index (χ1) is 11.7. The van der Waals surface area contributed by atoms with E-state index in [1.54, 1.807) is 12.1 Å². The molecule has 2 heterocycles. The van der Waals surface area contributed by atoms with Crippen LogP contribution in [0.1, 0.15) is 30.0 Å². The molecule has 0 aliphatic carbocycles. The molecule has 0 spiro atoms. The molecule has 3 rings (SSSR count). The molecule has 1 aliphatic rings. The van der Waals surface area contributed by atoms with Crippen LogP contribution in [0.15, 0.2) is 18.2 Å². The van der Waals surface area contributed by atoms with Crippen molar-refractivity contribution in [2.24, 2.45) is 0 Å². The van der Waals surface area contributed by atoms with Crippen LogP contribution >= 0.6 is 0 Å². The van der Waals surface area contributed by atoms with Crippen LogP contribution < -0.4 is 15.8 Å². The minimum Gasteiger partial charge on any atom is -0.507 e. The molecule has 24 heavy (non-hydrogen) atoms. The highest BCUT2D eigenvalue weighted by Gasteiger charge is 2.25. The number of nitrogens with zero attached hydrogens (tertiary/aromatic N) is 3. The van der Waals surface area contributed by atoms with Crippen LogP contribution in [0.5, 0.6) is 11.5 Å². The van der Waals surface area contributed by atoms with Crippen LogP contribution in [0.2, 0.25) is 0 Å². The topological polar surface area (TPSA) is 117 Å². The summed E-state index contributed by atoms with van der Waals surface area (Å²) in [6.45, 7) is 1.70. The van der Waals surface area contributed by atoms with Gasteiger partial charge in [-0.25, -0.2) is 9.97 Å². The van der Waals surface area contributed by atoms with E-state index in [0.717, 1.165) is 25.9 Å². The third-order valence-electron chi connectivity index (χ3n) is 4.21. The predicted octanol–water partition coefficient (Wildman–Crippen LogP) is 1.78. The lowest BCUT2D eigenvalue weighted by Crippen LogP contribution is -2.29. The van der Waals surface area contributed by atoms with Gasteiger partial charge >= 0.3 is 0 Å². The second-order valence-electron chi connectivity index (χ2n) is 5.70. The fraction of sp³-hybridized carbons (Fsp3) is 0.353. The van der Waals surface area contributed by atoms with E-state index in [1.165, 1.54) is 13.2 Å². The van der Waals surface area contributed by atoms with Gasteiger partial charge in [-0.05, 0) is 31.5 Å². The zero-order chi connectivity index (χ0) is 17.1. The van der Waals surface area contributed by atoms with Gasteiger partial charge in [0.2, 0.25) is 0 Å². The van der Waals surface area contributed by atoms with Crippen molar-refractivity contribution in [1.82, 2.24) is 15.3 Å². The summed E-state index contributed by atoms with van der Waals surface area (Å²) < 4.78 is 5.30. The van der Waals surface area contributed by atoms with Crippen molar-refractivity contribution in [3.63, 3.8) is 0 Å². The van der Waals surface area contributed by atoms with Crippen LogP contribution in [0.3, 0.4) is 0 Å². The van der Waals surface area contributed by atoms with Crippen molar-refractivity contribution in [2.75, 3.05) is 25.9 Å². The highest BCUT2D eigenvalue weighted by Crippen LogP contribution is 2.37. The van der Waals surface area contributed by atoms with Gasteiger partial charge in [-0.2, -0.15) is 5.26 Å². The zero-order valence-corrected chi connectivity index (χ0v) is 13.4. The molecule has 0 saturated carbocycles. The van der Waals surface area contributed by atoms with Crippen LogP contribution in [-0.4, -0.2) is 35.3 Å². The number of phenolic OH excluding ortho intramolecular Hbond substituents is 1. The summed E-state index contributed by atoms with van der Waals surface area (Å²) in [7, 11) is 1.51. The number of nitrogens with two attached hydrogens (primary N) is 1. The lowest BCUT2D eigenvalue weighted by Gasteiger charge is -2.23. The van der Waals surface area contributed by atoms with Crippen LogP contribution in [0, 0.1) is 11.3 Å². The van der Waals surface area contributed by atoms with E-state index in [-0.39, 0.29) is 23.3 Å². The lowest BCUT2D eigenvalue weighted by molar-refractivity contribution is 0.409. The van der Waals surface area contributed by atoms with Gasteiger partial charge in [0.15, 0.2) is 5.82 Å². The van der Waals surface area contributed by atoms with E-state index in [9.17, 15) is 10.4 Å². The van der Waals surface area contributed by atoms with Crippen LogP contribution in [0.25, 0.3) is 11.4 Å². The highest BCUT2D eigenvalue weighted by atomic mass is 16.5. The molecule has 0 bridgehead atoms. The van der Waals surface area contributed by atoms with Gasteiger partial charge < -0.3 is 20.9 Å². The molecule has 1 saturated heterocycles. The molecule has 7 heteroatoms. The van der Waals surface area contributed by atoms with Gasteiger partial charge in [0.1, 0.15) is 34.5 Å². The molecule has 1 aromatic carbocycles. The molecule has 1 fully saturated rings. The molecule has 1 aromatic heterocycles. The molecular formula is C17H19N5O2. The average Bonchev–Trinajstić information content (AvgIpc) is 2.61. The van der Waals surface area contributed by atoms with Gasteiger partial charge in [0.05, 0.1) is 12.8 Å². The van der Waals surface area contributed by atoms with E-state index < -0.39 is 0 Å². The molecular weight excluding hydrogens is 306 g/mol. The number of aromatic hydroxyl groups is 1. The Bertz CT molecular complexity index is 794. The van der Waals surface area contributed by atoms with Crippen LogP contribution in [0.4, 0.5) is 5.82 Å². The maximum Gasteiger partial charge on any atom is 0.169 e. The summed E-state index contributed by atoms with van der Waals surface area (Å²) in [5.74, 6) is 0.933. The van der Waals surface area contributed by atoms with Gasteiger partial charge in [-0.15, -0.1) is 0 Å². The largest absolute Gasteiger partial charge is 0.507 e. The SMILES string of the molecule is COc1cccc(O)c1-c1nc(N)c(C#N)c(C2CCCNC2)n1. The number of rotatable bonds is 3. The van der Waals surface area contributed by atoms with E-state index >= 15 is 0 Å². The number of methoxy groups -OCH3 is 1. The number of nitriles is 1. The Morgan fingerprint density at radius 3 is 2.92 bits per heavy atom. The number of hydrogen-bond acceptors (Lipinski definition) is 7. The standard InChI is InChI=1S/C17H19N5O2/c1-24-13-6-2-5-12(23)14(13)17-21-15(10-4-3-7-20-9-10)11(8-18)16(19)22-17/h2,5-6,10,20,23H,3-4,7,9H2,1H3,(H2,19,21,22). The first kappa shape index (κ1) is 16.0. The number of nitrogens with one attached hydrogen (secondary N) is 1. The molecule has 4 N–H and O–H groups in total. The van der Waals surface area contributed by atoms with Crippen LogP contribution in [-0.2, 0) is 0 Å². The average molecular weight is 325 g/mol. The molecule has 7 nitrogen and oxygen atoms in total. The number of ether oxygens (including phenoxy) is 1. The summed E-state index contributed by atoms with van der Waals surface area (Å²) in [6, 6.07) is 7.04. The molecule has 0 radical (unpaired) electrons. The number of piperidine rings is 1. The third kappa shape index (κ3) is 2.84. The number of phenols is 1. The van der Waals surface area contributed by atoms with Crippen molar-refractivity contribution >= 4 is 5.82 Å². The van der Waals surface area contributed by atoms with Crippen molar-refractivity contribution in [3.8, 4) is 29.0 Å². The minimum absolute atomic E-state index is 0.00572. The lowest BCUT2D eigenvalue weighted by atomic mass is 9.93. The Balaban J connectivity index is 2.17. The summed E-state index contributed by atoms with van der Waals surface area (Å²) in [6.07, 6.45) is 1.93. The summed E-state index contributed by atoms with van der Waals surface area (Å²) in [5, 5.41) is 23.0. The monoisotopic (exact) mass is 325 g/mol. The Morgan fingerprint density at radius 1 is 1.42 bits per heavy atom. The number of aromatic nitrogens is 2. The van der Waals surface area contributed by atoms with E-state index in [4.69, 9.17) is 10.5 Å². The fourth-order valence-electron chi connectivity index (χ4n) is 3.02. The Hall–Kier alpha value is -2.85. The van der Waals surface area contributed by atoms with Crippen molar-refractivity contribution in [2.45, 2.75) is 18.8 Å². The Labute approximate surface area is 140 Å². The molecule has 124 valence electrons. The molecule has 0 amide bonds. The number of anilines is 1. The predicted molar refractivity (Wildman–Crippen MR) is 89.7 cm³/mol. The summed E-state index contributed by atoms with van der Waals surface area (Å²) in [4.78, 5) is 8.80. The smallest absolute Gasteiger partial charge is 0.169 e. The van der Waals surface area contributed by atoms with Crippen molar-refractivity contribution < 1.29 is 9.84 Å². The first-order valence-electron chi connectivity index (χ1n) is 7.80. The maximum absolute atomic E-state index is 10.2. The fourth-order valence-corrected chi connectivity index (χ4v) is 3.02. The Kier molecular flexibility index (Phi) is 4.49. The van der Waals surface area contributed by atoms with Gasteiger partial charge in [0, 0.05) is 12.5 Å².